The molecule has 0 bridgehead atoms. The first-order valence-corrected chi connectivity index (χ1v) is 6.60. The van der Waals surface area contributed by atoms with Crippen molar-refractivity contribution in [1.82, 2.24) is 10.3 Å². The first-order valence-electron chi connectivity index (χ1n) is 6.60. The Hall–Kier alpha value is -1.41. The molecule has 2 nitrogen and oxygen atoms in total. The van der Waals surface area contributed by atoms with Crippen molar-refractivity contribution >= 4 is 10.8 Å². The van der Waals surface area contributed by atoms with E-state index in [0.717, 1.165) is 6.42 Å². The van der Waals surface area contributed by atoms with Gasteiger partial charge in [0.1, 0.15) is 0 Å². The lowest BCUT2D eigenvalue weighted by atomic mass is 9.78. The summed E-state index contributed by atoms with van der Waals surface area (Å²) in [5, 5.41) is 5.97. The van der Waals surface area contributed by atoms with Gasteiger partial charge in [0, 0.05) is 23.8 Å². The van der Waals surface area contributed by atoms with E-state index in [-0.39, 0.29) is 5.41 Å². The maximum absolute atomic E-state index is 4.39. The van der Waals surface area contributed by atoms with Crippen LogP contribution < -0.4 is 5.32 Å². The van der Waals surface area contributed by atoms with E-state index in [1.54, 1.807) is 0 Å². The lowest BCUT2D eigenvalue weighted by Crippen LogP contribution is -2.31. The molecular formula is C16H22N2. The molecule has 2 aromatic rings. The van der Waals surface area contributed by atoms with Crippen molar-refractivity contribution in [3.8, 4) is 0 Å². The Kier molecular flexibility index (Phi) is 3.67. The van der Waals surface area contributed by atoms with E-state index < -0.39 is 0 Å². The normalized spacial score (nSPS) is 13.8. The largest absolute Gasteiger partial charge is 0.312 e. The van der Waals surface area contributed by atoms with Crippen LogP contribution in [0.15, 0.2) is 36.7 Å². The number of nitrogens with zero attached hydrogens (tertiary/aromatic N) is 1. The average Bonchev–Trinajstić information content (AvgIpc) is 2.39. The minimum atomic E-state index is 0.209. The minimum absolute atomic E-state index is 0.209. The maximum atomic E-state index is 4.39. The molecule has 2 heteroatoms. The van der Waals surface area contributed by atoms with Crippen LogP contribution in [-0.4, -0.2) is 12.0 Å². The molecule has 1 aromatic carbocycles. The quantitative estimate of drug-likeness (QED) is 0.878. The van der Waals surface area contributed by atoms with Crippen molar-refractivity contribution in [2.24, 2.45) is 5.41 Å². The van der Waals surface area contributed by atoms with Crippen LogP contribution in [0.4, 0.5) is 0 Å². The Morgan fingerprint density at radius 3 is 2.61 bits per heavy atom. The van der Waals surface area contributed by atoms with Crippen LogP contribution in [0.5, 0.6) is 0 Å². The van der Waals surface area contributed by atoms with Crippen molar-refractivity contribution in [2.75, 3.05) is 7.05 Å². The molecule has 1 N–H and O–H groups in total. The summed E-state index contributed by atoms with van der Waals surface area (Å²) < 4.78 is 0. The van der Waals surface area contributed by atoms with Crippen LogP contribution >= 0.6 is 0 Å². The summed E-state index contributed by atoms with van der Waals surface area (Å²) in [4.78, 5) is 4.39. The highest BCUT2D eigenvalue weighted by molar-refractivity contribution is 5.85. The zero-order valence-corrected chi connectivity index (χ0v) is 11.7. The number of nitrogens with one attached hydrogen (secondary N) is 1. The van der Waals surface area contributed by atoms with Gasteiger partial charge in [-0.25, -0.2) is 0 Å². The monoisotopic (exact) mass is 242 g/mol. The second-order valence-corrected chi connectivity index (χ2v) is 5.51. The SMILES string of the molecule is CCC(C)(C)C(NC)c1cncc2ccccc12. The fourth-order valence-corrected chi connectivity index (χ4v) is 2.54. The van der Waals surface area contributed by atoms with Crippen LogP contribution in [0.2, 0.25) is 0 Å². The average molecular weight is 242 g/mol. The molecule has 1 heterocycles. The van der Waals surface area contributed by atoms with E-state index in [9.17, 15) is 0 Å². The molecule has 0 aliphatic carbocycles. The van der Waals surface area contributed by atoms with Crippen molar-refractivity contribution < 1.29 is 0 Å². The Bertz CT molecular complexity index is 526. The summed E-state index contributed by atoms with van der Waals surface area (Å²) in [5.74, 6) is 0. The highest BCUT2D eigenvalue weighted by atomic mass is 14.9. The lowest BCUT2D eigenvalue weighted by Gasteiger charge is -2.34. The fourth-order valence-electron chi connectivity index (χ4n) is 2.54. The van der Waals surface area contributed by atoms with Gasteiger partial charge in [-0.15, -0.1) is 0 Å². The second-order valence-electron chi connectivity index (χ2n) is 5.51. The van der Waals surface area contributed by atoms with Crippen molar-refractivity contribution in [3.63, 3.8) is 0 Å². The number of pyridine rings is 1. The van der Waals surface area contributed by atoms with E-state index in [0.29, 0.717) is 6.04 Å². The molecule has 1 aromatic heterocycles. The Labute approximate surface area is 109 Å². The summed E-state index contributed by atoms with van der Waals surface area (Å²) in [6.45, 7) is 6.84. The van der Waals surface area contributed by atoms with Crippen LogP contribution in [0.3, 0.4) is 0 Å². The van der Waals surface area contributed by atoms with Crippen molar-refractivity contribution in [3.05, 3.63) is 42.2 Å². The number of fused-ring (bicyclic) bond motifs is 1. The third-order valence-corrected chi connectivity index (χ3v) is 3.99. The third-order valence-electron chi connectivity index (χ3n) is 3.99. The van der Waals surface area contributed by atoms with Gasteiger partial charge in [-0.3, -0.25) is 4.98 Å². The van der Waals surface area contributed by atoms with Gasteiger partial charge in [0.25, 0.3) is 0 Å². The zero-order chi connectivity index (χ0) is 13.2. The first-order chi connectivity index (χ1) is 8.60. The number of aromatic nitrogens is 1. The van der Waals surface area contributed by atoms with Crippen LogP contribution in [-0.2, 0) is 0 Å². The van der Waals surface area contributed by atoms with E-state index in [4.69, 9.17) is 0 Å². The molecule has 0 aliphatic heterocycles. The van der Waals surface area contributed by atoms with Gasteiger partial charge < -0.3 is 5.32 Å². The topological polar surface area (TPSA) is 24.9 Å². The van der Waals surface area contributed by atoms with Gasteiger partial charge in [-0.1, -0.05) is 45.0 Å². The standard InChI is InChI=1S/C16H22N2/c1-5-16(2,3)15(17-4)14-11-18-10-12-8-6-7-9-13(12)14/h6-11,15,17H,5H2,1-4H3. The molecule has 0 fully saturated rings. The van der Waals surface area contributed by atoms with E-state index in [1.165, 1.54) is 16.3 Å². The summed E-state index contributed by atoms with van der Waals surface area (Å²) in [5.41, 5.74) is 1.50. The summed E-state index contributed by atoms with van der Waals surface area (Å²) in [7, 11) is 2.03. The Balaban J connectivity index is 2.59. The van der Waals surface area contributed by atoms with Crippen LogP contribution in [0.25, 0.3) is 10.8 Å². The minimum Gasteiger partial charge on any atom is -0.312 e. The fraction of sp³-hybridized carbons (Fsp3) is 0.438. The Morgan fingerprint density at radius 2 is 1.94 bits per heavy atom. The number of hydrogen-bond donors (Lipinski definition) is 1. The maximum Gasteiger partial charge on any atom is 0.0390 e. The number of benzene rings is 1. The van der Waals surface area contributed by atoms with E-state index >= 15 is 0 Å². The smallest absolute Gasteiger partial charge is 0.0390 e. The third kappa shape index (κ3) is 2.25. The van der Waals surface area contributed by atoms with Gasteiger partial charge in [0.15, 0.2) is 0 Å². The summed E-state index contributed by atoms with van der Waals surface area (Å²) in [6.07, 6.45) is 5.06. The number of rotatable bonds is 4. The predicted octanol–water partition coefficient (Wildman–Crippen LogP) is 3.93. The van der Waals surface area contributed by atoms with E-state index in [2.05, 4.69) is 55.3 Å². The molecule has 0 amide bonds. The molecule has 18 heavy (non-hydrogen) atoms. The summed E-state index contributed by atoms with van der Waals surface area (Å²) in [6, 6.07) is 8.78. The predicted molar refractivity (Wildman–Crippen MR) is 77.6 cm³/mol. The Morgan fingerprint density at radius 1 is 1.22 bits per heavy atom. The van der Waals surface area contributed by atoms with Gasteiger partial charge >= 0.3 is 0 Å². The van der Waals surface area contributed by atoms with E-state index in [1.807, 2.05) is 19.4 Å². The molecule has 0 aliphatic rings. The molecular weight excluding hydrogens is 220 g/mol. The molecule has 0 saturated carbocycles. The lowest BCUT2D eigenvalue weighted by molar-refractivity contribution is 0.246. The van der Waals surface area contributed by atoms with Crippen LogP contribution in [0, 0.1) is 5.41 Å². The van der Waals surface area contributed by atoms with Crippen molar-refractivity contribution in [2.45, 2.75) is 33.2 Å². The molecule has 0 radical (unpaired) electrons. The molecule has 1 unspecified atom stereocenters. The van der Waals surface area contributed by atoms with Gasteiger partial charge in [-0.05, 0) is 29.8 Å². The second kappa shape index (κ2) is 5.07. The highest BCUT2D eigenvalue weighted by Gasteiger charge is 2.29. The van der Waals surface area contributed by atoms with Gasteiger partial charge in [0.2, 0.25) is 0 Å². The molecule has 1 atom stereocenters. The van der Waals surface area contributed by atoms with Gasteiger partial charge in [-0.2, -0.15) is 0 Å². The first kappa shape index (κ1) is 13.0. The highest BCUT2D eigenvalue weighted by Crippen LogP contribution is 2.38. The number of hydrogen-bond acceptors (Lipinski definition) is 2. The van der Waals surface area contributed by atoms with Crippen molar-refractivity contribution in [1.29, 1.82) is 0 Å². The zero-order valence-electron chi connectivity index (χ0n) is 11.7. The van der Waals surface area contributed by atoms with Crippen LogP contribution in [0.1, 0.15) is 38.8 Å². The van der Waals surface area contributed by atoms with Gasteiger partial charge in [0.05, 0.1) is 0 Å². The molecule has 96 valence electrons. The molecule has 0 spiro atoms. The molecule has 2 rings (SSSR count). The molecule has 0 saturated heterocycles. The summed E-state index contributed by atoms with van der Waals surface area (Å²) >= 11 is 0.